The molecule has 0 fully saturated rings. The molecular formula is C9H13N3. The molecule has 0 saturated heterocycles. The first-order chi connectivity index (χ1) is 5.79. The number of aromatic nitrogens is 2. The lowest BCUT2D eigenvalue weighted by Gasteiger charge is -2.05. The molecule has 0 amide bonds. The molecule has 64 valence electrons. The molecule has 1 aromatic rings. The molecule has 3 heteroatoms. The minimum absolute atomic E-state index is 0.698. The average Bonchev–Trinajstić information content (AvgIpc) is 2.16. The standard InChI is InChI=1S/C9H13N3/c1-4-8(2)12-7-5-6-11-9(12)10-3/h5-7H,2,4H2,1,3H3. The highest BCUT2D eigenvalue weighted by Crippen LogP contribution is 2.00. The largest absolute Gasteiger partial charge is 0.291 e. The second-order valence-corrected chi connectivity index (χ2v) is 2.43. The van der Waals surface area contributed by atoms with E-state index in [2.05, 4.69) is 23.5 Å². The number of rotatable bonds is 2. The van der Waals surface area contributed by atoms with Crippen LogP contribution in [0.2, 0.25) is 0 Å². The van der Waals surface area contributed by atoms with Crippen LogP contribution in [-0.4, -0.2) is 16.6 Å². The van der Waals surface area contributed by atoms with Crippen molar-refractivity contribution in [2.45, 2.75) is 13.3 Å². The third-order valence-corrected chi connectivity index (χ3v) is 1.68. The smallest absolute Gasteiger partial charge is 0.228 e. The van der Waals surface area contributed by atoms with Crippen LogP contribution >= 0.6 is 0 Å². The van der Waals surface area contributed by atoms with E-state index in [1.54, 1.807) is 13.2 Å². The molecule has 0 saturated carbocycles. The highest BCUT2D eigenvalue weighted by molar-refractivity contribution is 5.39. The van der Waals surface area contributed by atoms with Crippen molar-refractivity contribution in [3.8, 4) is 0 Å². The van der Waals surface area contributed by atoms with Crippen LogP contribution in [0.1, 0.15) is 13.3 Å². The second kappa shape index (κ2) is 3.85. The molecule has 0 N–H and O–H groups in total. The summed E-state index contributed by atoms with van der Waals surface area (Å²) >= 11 is 0. The minimum atomic E-state index is 0.698. The van der Waals surface area contributed by atoms with Gasteiger partial charge in [0.1, 0.15) is 0 Å². The molecule has 1 heterocycles. The predicted molar refractivity (Wildman–Crippen MR) is 49.3 cm³/mol. The summed E-state index contributed by atoms with van der Waals surface area (Å²) in [6.45, 7) is 5.97. The zero-order valence-electron chi connectivity index (χ0n) is 7.49. The van der Waals surface area contributed by atoms with Gasteiger partial charge in [0.05, 0.1) is 0 Å². The van der Waals surface area contributed by atoms with Crippen LogP contribution in [0.4, 0.5) is 0 Å². The minimum Gasteiger partial charge on any atom is -0.291 e. The van der Waals surface area contributed by atoms with E-state index in [-0.39, 0.29) is 0 Å². The van der Waals surface area contributed by atoms with Crippen molar-refractivity contribution in [2.24, 2.45) is 4.99 Å². The molecule has 1 aromatic heterocycles. The van der Waals surface area contributed by atoms with E-state index in [9.17, 15) is 0 Å². The number of allylic oxidation sites excluding steroid dienone is 1. The van der Waals surface area contributed by atoms with E-state index >= 15 is 0 Å². The summed E-state index contributed by atoms with van der Waals surface area (Å²) in [6, 6.07) is 1.87. The van der Waals surface area contributed by atoms with Crippen molar-refractivity contribution in [1.82, 2.24) is 9.55 Å². The van der Waals surface area contributed by atoms with Crippen molar-refractivity contribution in [1.29, 1.82) is 0 Å². The Morgan fingerprint density at radius 3 is 3.08 bits per heavy atom. The molecule has 0 radical (unpaired) electrons. The Labute approximate surface area is 72.1 Å². The first-order valence-corrected chi connectivity index (χ1v) is 3.94. The van der Waals surface area contributed by atoms with Gasteiger partial charge < -0.3 is 0 Å². The van der Waals surface area contributed by atoms with Gasteiger partial charge in [0.2, 0.25) is 5.62 Å². The molecular weight excluding hydrogens is 150 g/mol. The van der Waals surface area contributed by atoms with E-state index in [1.165, 1.54) is 0 Å². The van der Waals surface area contributed by atoms with Crippen LogP contribution in [0, 0.1) is 0 Å². The van der Waals surface area contributed by atoms with Crippen molar-refractivity contribution in [3.63, 3.8) is 0 Å². The highest BCUT2D eigenvalue weighted by atomic mass is 15.1. The number of nitrogens with zero attached hydrogens (tertiary/aromatic N) is 3. The van der Waals surface area contributed by atoms with E-state index in [4.69, 9.17) is 0 Å². The Hall–Kier alpha value is -1.38. The van der Waals surface area contributed by atoms with Crippen LogP contribution in [0.15, 0.2) is 30.0 Å². The molecule has 0 atom stereocenters. The summed E-state index contributed by atoms with van der Waals surface area (Å²) in [5.41, 5.74) is 1.70. The van der Waals surface area contributed by atoms with Gasteiger partial charge in [-0.25, -0.2) is 4.98 Å². The van der Waals surface area contributed by atoms with Gasteiger partial charge >= 0.3 is 0 Å². The highest BCUT2D eigenvalue weighted by Gasteiger charge is 1.94. The molecule has 0 spiro atoms. The van der Waals surface area contributed by atoms with Gasteiger partial charge in [-0.1, -0.05) is 13.5 Å². The molecule has 3 nitrogen and oxygen atoms in total. The van der Waals surface area contributed by atoms with E-state index < -0.39 is 0 Å². The van der Waals surface area contributed by atoms with Crippen molar-refractivity contribution >= 4 is 5.70 Å². The Morgan fingerprint density at radius 2 is 2.50 bits per heavy atom. The first kappa shape index (κ1) is 8.71. The molecule has 0 aliphatic rings. The third kappa shape index (κ3) is 1.61. The van der Waals surface area contributed by atoms with Crippen LogP contribution < -0.4 is 5.62 Å². The summed E-state index contributed by atoms with van der Waals surface area (Å²) < 4.78 is 1.89. The predicted octanol–water partition coefficient (Wildman–Crippen LogP) is 1.29. The Bertz CT molecular complexity index is 336. The molecule has 0 aliphatic carbocycles. The first-order valence-electron chi connectivity index (χ1n) is 3.94. The summed E-state index contributed by atoms with van der Waals surface area (Å²) in [5, 5.41) is 0. The molecule has 1 rings (SSSR count). The quantitative estimate of drug-likeness (QED) is 0.646. The summed E-state index contributed by atoms with van der Waals surface area (Å²) in [6.07, 6.45) is 4.54. The van der Waals surface area contributed by atoms with Crippen LogP contribution in [0.3, 0.4) is 0 Å². The average molecular weight is 163 g/mol. The zero-order valence-corrected chi connectivity index (χ0v) is 7.49. The van der Waals surface area contributed by atoms with E-state index in [0.717, 1.165) is 12.1 Å². The maximum Gasteiger partial charge on any atom is 0.228 e. The molecule has 0 aromatic carbocycles. The van der Waals surface area contributed by atoms with Crippen molar-refractivity contribution < 1.29 is 0 Å². The summed E-state index contributed by atoms with van der Waals surface area (Å²) in [5.74, 6) is 0. The molecule has 12 heavy (non-hydrogen) atoms. The van der Waals surface area contributed by atoms with Gasteiger partial charge in [0.25, 0.3) is 0 Å². The van der Waals surface area contributed by atoms with Crippen molar-refractivity contribution in [2.75, 3.05) is 7.05 Å². The van der Waals surface area contributed by atoms with Gasteiger partial charge in [-0.05, 0) is 12.5 Å². The lowest BCUT2D eigenvalue weighted by atomic mass is 10.4. The van der Waals surface area contributed by atoms with Gasteiger partial charge in [-0.2, -0.15) is 0 Å². The van der Waals surface area contributed by atoms with E-state index in [1.807, 2.05) is 16.8 Å². The monoisotopic (exact) mass is 163 g/mol. The fourth-order valence-electron chi connectivity index (χ4n) is 0.946. The normalized spacial score (nSPS) is 11.7. The van der Waals surface area contributed by atoms with Crippen molar-refractivity contribution in [3.05, 3.63) is 30.7 Å². The lowest BCUT2D eigenvalue weighted by molar-refractivity contribution is 0.854. The topological polar surface area (TPSA) is 30.2 Å². The molecule has 0 unspecified atom stereocenters. The second-order valence-electron chi connectivity index (χ2n) is 2.43. The van der Waals surface area contributed by atoms with Crippen LogP contribution in [0.25, 0.3) is 5.70 Å². The van der Waals surface area contributed by atoms with Gasteiger partial charge in [0, 0.05) is 25.1 Å². The van der Waals surface area contributed by atoms with Gasteiger partial charge in [0.15, 0.2) is 0 Å². The maximum atomic E-state index is 4.10. The summed E-state index contributed by atoms with van der Waals surface area (Å²) in [4.78, 5) is 8.13. The summed E-state index contributed by atoms with van der Waals surface area (Å²) in [7, 11) is 1.72. The Balaban J connectivity index is 3.24. The molecule has 0 bridgehead atoms. The Kier molecular flexibility index (Phi) is 2.80. The van der Waals surface area contributed by atoms with Crippen LogP contribution in [-0.2, 0) is 0 Å². The van der Waals surface area contributed by atoms with Crippen LogP contribution in [0.5, 0.6) is 0 Å². The number of hydrogen-bond donors (Lipinski definition) is 0. The lowest BCUT2D eigenvalue weighted by Crippen LogP contribution is -2.21. The number of hydrogen-bond acceptors (Lipinski definition) is 2. The van der Waals surface area contributed by atoms with Gasteiger partial charge in [-0.3, -0.25) is 9.56 Å². The maximum absolute atomic E-state index is 4.10. The zero-order chi connectivity index (χ0) is 8.97. The fourth-order valence-corrected chi connectivity index (χ4v) is 0.946. The Morgan fingerprint density at radius 1 is 1.75 bits per heavy atom. The van der Waals surface area contributed by atoms with Gasteiger partial charge in [-0.15, -0.1) is 0 Å². The molecule has 0 aliphatic heterocycles. The fraction of sp³-hybridized carbons (Fsp3) is 0.333. The van der Waals surface area contributed by atoms with E-state index in [0.29, 0.717) is 5.62 Å². The third-order valence-electron chi connectivity index (χ3n) is 1.68. The SMILES string of the molecule is C=C(CC)n1cccnc1=NC.